The van der Waals surface area contributed by atoms with Crippen molar-refractivity contribution in [3.05, 3.63) is 24.3 Å². The number of hydrogen-bond acceptors (Lipinski definition) is 2. The average Bonchev–Trinajstić information content (AvgIpc) is 2.39. The van der Waals surface area contributed by atoms with E-state index in [0.717, 1.165) is 5.92 Å². The molecule has 0 amide bonds. The number of unbranched alkanes of at least 4 members (excludes halogenated alkanes) is 1. The van der Waals surface area contributed by atoms with E-state index < -0.39 is 0 Å². The lowest BCUT2D eigenvalue weighted by molar-refractivity contribution is 0.499. The summed E-state index contributed by atoms with van der Waals surface area (Å²) in [5, 5.41) is 0. The van der Waals surface area contributed by atoms with Crippen LogP contribution in [0.5, 0.6) is 0 Å². The first-order valence-electron chi connectivity index (χ1n) is 6.57. The number of thioether (sulfide) groups is 2. The van der Waals surface area contributed by atoms with Gasteiger partial charge in [0.2, 0.25) is 0 Å². The van der Waals surface area contributed by atoms with E-state index in [-0.39, 0.29) is 0 Å². The fourth-order valence-electron chi connectivity index (χ4n) is 1.78. The Balaban J connectivity index is 2.36. The van der Waals surface area contributed by atoms with Gasteiger partial charge in [0.15, 0.2) is 0 Å². The van der Waals surface area contributed by atoms with Crippen LogP contribution in [0.2, 0.25) is 0 Å². The summed E-state index contributed by atoms with van der Waals surface area (Å²) >= 11 is 3.82. The minimum Gasteiger partial charge on any atom is -0.130 e. The van der Waals surface area contributed by atoms with E-state index in [2.05, 4.69) is 44.4 Å². The van der Waals surface area contributed by atoms with Crippen molar-refractivity contribution >= 4 is 23.5 Å². The summed E-state index contributed by atoms with van der Waals surface area (Å²) in [6.07, 6.45) is 7.53. The van der Waals surface area contributed by atoms with Crippen LogP contribution < -0.4 is 0 Å². The monoisotopic (exact) mass is 268 g/mol. The molecule has 0 aliphatic carbocycles. The van der Waals surface area contributed by atoms with Crippen LogP contribution in [-0.2, 0) is 0 Å². The highest BCUT2D eigenvalue weighted by molar-refractivity contribution is 7.99. The van der Waals surface area contributed by atoms with Gasteiger partial charge in [0.25, 0.3) is 0 Å². The molecule has 0 spiro atoms. The molecule has 0 aliphatic rings. The van der Waals surface area contributed by atoms with Gasteiger partial charge < -0.3 is 0 Å². The van der Waals surface area contributed by atoms with Crippen LogP contribution in [-0.4, -0.2) is 12.0 Å². The average molecular weight is 268 g/mol. The SMILES string of the molecule is CCCCC(CC)CSc1ccc(SC)cc1. The summed E-state index contributed by atoms with van der Waals surface area (Å²) in [5.41, 5.74) is 0. The molecule has 0 bridgehead atoms. The van der Waals surface area contributed by atoms with E-state index in [1.165, 1.54) is 41.2 Å². The Morgan fingerprint density at radius 1 is 1.06 bits per heavy atom. The van der Waals surface area contributed by atoms with Crippen molar-refractivity contribution in [1.82, 2.24) is 0 Å². The van der Waals surface area contributed by atoms with Crippen molar-refractivity contribution in [3.8, 4) is 0 Å². The molecule has 0 fully saturated rings. The lowest BCUT2D eigenvalue weighted by Crippen LogP contribution is -2.01. The Morgan fingerprint density at radius 2 is 1.71 bits per heavy atom. The van der Waals surface area contributed by atoms with Crippen LogP contribution in [0.15, 0.2) is 34.1 Å². The number of benzene rings is 1. The molecule has 2 heteroatoms. The molecule has 1 aromatic rings. The van der Waals surface area contributed by atoms with Crippen molar-refractivity contribution in [3.63, 3.8) is 0 Å². The van der Waals surface area contributed by atoms with Crippen LogP contribution in [0, 0.1) is 5.92 Å². The minimum absolute atomic E-state index is 0.889. The quantitative estimate of drug-likeness (QED) is 0.553. The van der Waals surface area contributed by atoms with Crippen LogP contribution in [0.1, 0.15) is 39.5 Å². The Kier molecular flexibility index (Phi) is 7.87. The Morgan fingerprint density at radius 3 is 2.24 bits per heavy atom. The maximum atomic E-state index is 2.32. The number of hydrogen-bond donors (Lipinski definition) is 0. The van der Waals surface area contributed by atoms with Crippen LogP contribution in [0.4, 0.5) is 0 Å². The van der Waals surface area contributed by atoms with Crippen molar-refractivity contribution in [1.29, 1.82) is 0 Å². The zero-order valence-electron chi connectivity index (χ0n) is 11.2. The van der Waals surface area contributed by atoms with Gasteiger partial charge >= 0.3 is 0 Å². The first-order valence-corrected chi connectivity index (χ1v) is 8.78. The lowest BCUT2D eigenvalue weighted by Gasteiger charge is -2.13. The van der Waals surface area contributed by atoms with Gasteiger partial charge in [-0.05, 0) is 42.9 Å². The van der Waals surface area contributed by atoms with Crippen LogP contribution in [0.25, 0.3) is 0 Å². The largest absolute Gasteiger partial charge is 0.130 e. The fourth-order valence-corrected chi connectivity index (χ4v) is 3.35. The molecular weight excluding hydrogens is 244 g/mol. The normalized spacial score (nSPS) is 12.6. The predicted octanol–water partition coefficient (Wildman–Crippen LogP) is 5.72. The van der Waals surface area contributed by atoms with Crippen LogP contribution in [0.3, 0.4) is 0 Å². The second kappa shape index (κ2) is 8.93. The van der Waals surface area contributed by atoms with Gasteiger partial charge in [-0.15, -0.1) is 23.5 Å². The maximum Gasteiger partial charge on any atom is 0.00728 e. The van der Waals surface area contributed by atoms with Gasteiger partial charge in [0.1, 0.15) is 0 Å². The van der Waals surface area contributed by atoms with Crippen molar-refractivity contribution in [2.45, 2.75) is 49.3 Å². The molecule has 0 aromatic heterocycles. The second-order valence-electron chi connectivity index (χ2n) is 4.40. The molecule has 0 N–H and O–H groups in total. The Bertz CT molecular complexity index is 292. The minimum atomic E-state index is 0.889. The fraction of sp³-hybridized carbons (Fsp3) is 0.600. The van der Waals surface area contributed by atoms with E-state index in [0.29, 0.717) is 0 Å². The standard InChI is InChI=1S/C15H24S2/c1-4-6-7-13(5-2)12-17-15-10-8-14(16-3)9-11-15/h8-11,13H,4-7,12H2,1-3H3. The van der Waals surface area contributed by atoms with E-state index in [9.17, 15) is 0 Å². The molecule has 1 unspecified atom stereocenters. The summed E-state index contributed by atoms with van der Waals surface area (Å²) in [4.78, 5) is 2.77. The zero-order chi connectivity index (χ0) is 12.5. The molecule has 0 saturated carbocycles. The lowest BCUT2D eigenvalue weighted by atomic mass is 10.0. The van der Waals surface area contributed by atoms with Gasteiger partial charge in [-0.3, -0.25) is 0 Å². The highest BCUT2D eigenvalue weighted by atomic mass is 32.2. The third-order valence-electron chi connectivity index (χ3n) is 3.09. The highest BCUT2D eigenvalue weighted by Gasteiger charge is 2.06. The molecule has 0 radical (unpaired) electrons. The summed E-state index contributed by atoms with van der Waals surface area (Å²) in [6.45, 7) is 4.60. The van der Waals surface area contributed by atoms with Crippen molar-refractivity contribution < 1.29 is 0 Å². The van der Waals surface area contributed by atoms with Gasteiger partial charge in [0.05, 0.1) is 0 Å². The molecule has 0 saturated heterocycles. The second-order valence-corrected chi connectivity index (χ2v) is 6.38. The van der Waals surface area contributed by atoms with E-state index in [4.69, 9.17) is 0 Å². The molecule has 1 aromatic carbocycles. The summed E-state index contributed by atoms with van der Waals surface area (Å²) in [7, 11) is 0. The molecule has 0 heterocycles. The summed E-state index contributed by atoms with van der Waals surface area (Å²) < 4.78 is 0. The smallest absolute Gasteiger partial charge is 0.00728 e. The Hall–Kier alpha value is -0.0800. The van der Waals surface area contributed by atoms with E-state index in [1.807, 2.05) is 23.5 Å². The van der Waals surface area contributed by atoms with Gasteiger partial charge in [-0.25, -0.2) is 0 Å². The molecule has 0 aliphatic heterocycles. The first kappa shape index (κ1) is 15.0. The van der Waals surface area contributed by atoms with E-state index >= 15 is 0 Å². The zero-order valence-corrected chi connectivity index (χ0v) is 12.9. The summed E-state index contributed by atoms with van der Waals surface area (Å²) in [6, 6.07) is 8.95. The summed E-state index contributed by atoms with van der Waals surface area (Å²) in [5.74, 6) is 2.16. The molecule has 1 rings (SSSR count). The van der Waals surface area contributed by atoms with Crippen LogP contribution >= 0.6 is 23.5 Å². The molecular formula is C15H24S2. The third kappa shape index (κ3) is 5.87. The Labute approximate surface area is 115 Å². The maximum absolute atomic E-state index is 2.32. The number of rotatable bonds is 8. The van der Waals surface area contributed by atoms with Crippen molar-refractivity contribution in [2.75, 3.05) is 12.0 Å². The highest BCUT2D eigenvalue weighted by Crippen LogP contribution is 2.26. The predicted molar refractivity (Wildman–Crippen MR) is 82.3 cm³/mol. The van der Waals surface area contributed by atoms with Gasteiger partial charge in [0, 0.05) is 15.5 Å². The first-order chi connectivity index (χ1) is 8.30. The topological polar surface area (TPSA) is 0 Å². The van der Waals surface area contributed by atoms with E-state index in [1.54, 1.807) is 0 Å². The molecule has 96 valence electrons. The molecule has 0 nitrogen and oxygen atoms in total. The van der Waals surface area contributed by atoms with Gasteiger partial charge in [-0.2, -0.15) is 0 Å². The molecule has 17 heavy (non-hydrogen) atoms. The molecule has 1 atom stereocenters. The van der Waals surface area contributed by atoms with Crippen molar-refractivity contribution in [2.24, 2.45) is 5.92 Å². The third-order valence-corrected chi connectivity index (χ3v) is 5.08. The van der Waals surface area contributed by atoms with Gasteiger partial charge in [-0.1, -0.05) is 33.1 Å².